The van der Waals surface area contributed by atoms with Crippen molar-refractivity contribution in [1.82, 2.24) is 4.72 Å². The van der Waals surface area contributed by atoms with Crippen LogP contribution in [0.1, 0.15) is 53.8 Å². The molecule has 0 spiro atoms. The number of halogens is 1. The van der Waals surface area contributed by atoms with Crippen LogP contribution in [0.3, 0.4) is 0 Å². The van der Waals surface area contributed by atoms with Crippen LogP contribution in [-0.4, -0.2) is 33.6 Å². The van der Waals surface area contributed by atoms with Crippen LogP contribution in [0.5, 0.6) is 0 Å². The summed E-state index contributed by atoms with van der Waals surface area (Å²) in [7, 11) is -2.57. The number of carbonyl (C=O) groups excluding carboxylic acids is 1. The van der Waals surface area contributed by atoms with Crippen LogP contribution in [0.2, 0.25) is 0 Å². The van der Waals surface area contributed by atoms with Gasteiger partial charge in [0.1, 0.15) is 9.77 Å². The Morgan fingerprint density at radius 1 is 1.33 bits per heavy atom. The molecular weight excluding hydrogens is 372 g/mol. The number of hydrogen-bond acceptors (Lipinski definition) is 6. The standard InChI is InChI=1S/C15H24N2O4S2.ClH/c1-11-9-22-12(14(18)21-2)13(11)23(19,20)17-10-15(16)7-5-3-4-6-8-15;/h9,17H,3-8,10,16H2,1-2H3;1H. The van der Waals surface area contributed by atoms with Crippen molar-refractivity contribution in [2.24, 2.45) is 5.73 Å². The number of methoxy groups -OCH3 is 1. The molecule has 0 saturated heterocycles. The van der Waals surface area contributed by atoms with Crippen LogP contribution in [0.25, 0.3) is 0 Å². The number of aryl methyl sites for hydroxylation is 1. The summed E-state index contributed by atoms with van der Waals surface area (Å²) < 4.78 is 32.6. The Labute approximate surface area is 153 Å². The predicted octanol–water partition coefficient (Wildman–Crippen LogP) is 2.59. The maximum Gasteiger partial charge on any atom is 0.349 e. The minimum Gasteiger partial charge on any atom is -0.465 e. The summed E-state index contributed by atoms with van der Waals surface area (Å²) in [5.74, 6) is -0.639. The van der Waals surface area contributed by atoms with E-state index in [1.807, 2.05) is 0 Å². The largest absolute Gasteiger partial charge is 0.465 e. The van der Waals surface area contributed by atoms with E-state index in [1.165, 1.54) is 7.11 Å². The van der Waals surface area contributed by atoms with Crippen molar-refractivity contribution in [1.29, 1.82) is 0 Å². The topological polar surface area (TPSA) is 98.5 Å². The number of carbonyl (C=O) groups is 1. The Morgan fingerprint density at radius 2 is 1.92 bits per heavy atom. The maximum atomic E-state index is 12.7. The average molecular weight is 397 g/mol. The lowest BCUT2D eigenvalue weighted by Crippen LogP contribution is -2.49. The zero-order valence-corrected chi connectivity index (χ0v) is 16.4. The summed E-state index contributed by atoms with van der Waals surface area (Å²) in [6.45, 7) is 1.85. The van der Waals surface area contributed by atoms with Crippen LogP contribution < -0.4 is 10.5 Å². The number of nitrogens with two attached hydrogens (primary N) is 1. The molecule has 0 aromatic carbocycles. The highest BCUT2D eigenvalue weighted by Gasteiger charge is 2.31. The fraction of sp³-hybridized carbons (Fsp3) is 0.667. The number of rotatable bonds is 5. The lowest BCUT2D eigenvalue weighted by Gasteiger charge is -2.28. The van der Waals surface area contributed by atoms with Gasteiger partial charge in [-0.1, -0.05) is 25.7 Å². The van der Waals surface area contributed by atoms with E-state index in [0.29, 0.717) is 5.56 Å². The number of ether oxygens (including phenoxy) is 1. The number of nitrogens with one attached hydrogen (secondary N) is 1. The molecule has 2 rings (SSSR count). The third-order valence-electron chi connectivity index (χ3n) is 4.27. The number of hydrogen-bond donors (Lipinski definition) is 2. The molecule has 1 aromatic heterocycles. The van der Waals surface area contributed by atoms with E-state index in [9.17, 15) is 13.2 Å². The van der Waals surface area contributed by atoms with Crippen molar-refractivity contribution in [3.8, 4) is 0 Å². The molecule has 1 aliphatic rings. The highest BCUT2D eigenvalue weighted by molar-refractivity contribution is 7.89. The molecule has 1 aromatic rings. The Bertz CT molecular complexity index is 665. The summed E-state index contributed by atoms with van der Waals surface area (Å²) in [4.78, 5) is 11.9. The van der Waals surface area contributed by atoms with Gasteiger partial charge in [0.05, 0.1) is 7.11 Å². The Balaban J connectivity index is 0.00000288. The van der Waals surface area contributed by atoms with Crippen LogP contribution in [0.15, 0.2) is 10.3 Å². The SMILES string of the molecule is COC(=O)c1scc(C)c1S(=O)(=O)NCC1(N)CCCCCC1.Cl. The van der Waals surface area contributed by atoms with E-state index in [2.05, 4.69) is 9.46 Å². The van der Waals surface area contributed by atoms with Gasteiger partial charge < -0.3 is 10.5 Å². The first-order chi connectivity index (χ1) is 10.8. The van der Waals surface area contributed by atoms with Crippen molar-refractivity contribution in [3.63, 3.8) is 0 Å². The molecule has 1 saturated carbocycles. The number of esters is 1. The number of sulfonamides is 1. The summed E-state index contributed by atoms with van der Waals surface area (Å²) >= 11 is 1.07. The molecule has 0 unspecified atom stereocenters. The molecule has 6 nitrogen and oxygen atoms in total. The van der Waals surface area contributed by atoms with E-state index in [4.69, 9.17) is 5.73 Å². The Morgan fingerprint density at radius 3 is 2.46 bits per heavy atom. The Hall–Kier alpha value is -0.670. The minimum absolute atomic E-state index is 0. The molecule has 0 radical (unpaired) electrons. The normalized spacial score (nSPS) is 17.6. The van der Waals surface area contributed by atoms with E-state index >= 15 is 0 Å². The summed E-state index contributed by atoms with van der Waals surface area (Å²) in [6, 6.07) is 0. The van der Waals surface area contributed by atoms with Gasteiger partial charge in [-0.05, 0) is 30.7 Å². The van der Waals surface area contributed by atoms with E-state index < -0.39 is 21.5 Å². The molecule has 1 fully saturated rings. The average Bonchev–Trinajstić information content (AvgIpc) is 2.77. The monoisotopic (exact) mass is 396 g/mol. The summed E-state index contributed by atoms with van der Waals surface area (Å²) in [5.41, 5.74) is 6.39. The lowest BCUT2D eigenvalue weighted by atomic mass is 9.92. The van der Waals surface area contributed by atoms with Gasteiger partial charge in [0.25, 0.3) is 0 Å². The van der Waals surface area contributed by atoms with E-state index in [1.54, 1.807) is 12.3 Å². The first kappa shape index (κ1) is 21.4. The molecule has 0 amide bonds. The van der Waals surface area contributed by atoms with E-state index in [-0.39, 0.29) is 28.7 Å². The van der Waals surface area contributed by atoms with Crippen molar-refractivity contribution >= 4 is 39.7 Å². The second kappa shape index (κ2) is 8.62. The quantitative estimate of drug-likeness (QED) is 0.588. The Kier molecular flexibility index (Phi) is 7.68. The number of thiophene rings is 1. The first-order valence-electron chi connectivity index (χ1n) is 7.74. The smallest absolute Gasteiger partial charge is 0.349 e. The van der Waals surface area contributed by atoms with Gasteiger partial charge >= 0.3 is 5.97 Å². The maximum absolute atomic E-state index is 12.7. The zero-order valence-electron chi connectivity index (χ0n) is 14.0. The third-order valence-corrected chi connectivity index (χ3v) is 7.07. The molecule has 24 heavy (non-hydrogen) atoms. The van der Waals surface area contributed by atoms with Gasteiger partial charge in [-0.2, -0.15) is 0 Å². The van der Waals surface area contributed by atoms with Crippen LogP contribution in [0, 0.1) is 6.92 Å². The van der Waals surface area contributed by atoms with Gasteiger partial charge in [0, 0.05) is 12.1 Å². The van der Waals surface area contributed by atoms with Crippen LogP contribution in [0.4, 0.5) is 0 Å². The molecule has 3 N–H and O–H groups in total. The van der Waals surface area contributed by atoms with Crippen LogP contribution in [-0.2, 0) is 14.8 Å². The van der Waals surface area contributed by atoms with Gasteiger partial charge in [0.2, 0.25) is 10.0 Å². The van der Waals surface area contributed by atoms with Crippen LogP contribution >= 0.6 is 23.7 Å². The molecule has 9 heteroatoms. The van der Waals surface area contributed by atoms with Gasteiger partial charge in [-0.25, -0.2) is 17.9 Å². The highest BCUT2D eigenvalue weighted by atomic mass is 35.5. The summed E-state index contributed by atoms with van der Waals surface area (Å²) in [6.07, 6.45) is 5.93. The second-order valence-electron chi connectivity index (χ2n) is 6.17. The minimum atomic E-state index is -3.80. The van der Waals surface area contributed by atoms with Gasteiger partial charge in [-0.3, -0.25) is 0 Å². The first-order valence-corrected chi connectivity index (χ1v) is 10.1. The van der Waals surface area contributed by atoms with Crippen molar-refractivity contribution in [3.05, 3.63) is 15.8 Å². The van der Waals surface area contributed by atoms with Crippen molar-refractivity contribution in [2.75, 3.05) is 13.7 Å². The van der Waals surface area contributed by atoms with Gasteiger partial charge in [0.15, 0.2) is 0 Å². The molecule has 0 atom stereocenters. The predicted molar refractivity (Wildman–Crippen MR) is 97.5 cm³/mol. The fourth-order valence-corrected chi connectivity index (χ4v) is 5.76. The lowest BCUT2D eigenvalue weighted by molar-refractivity contribution is 0.0602. The third kappa shape index (κ3) is 4.92. The fourth-order valence-electron chi connectivity index (χ4n) is 2.92. The highest BCUT2D eigenvalue weighted by Crippen LogP contribution is 2.29. The second-order valence-corrected chi connectivity index (χ2v) is 8.75. The molecular formula is C15H25ClN2O4S2. The van der Waals surface area contributed by atoms with Crippen molar-refractivity contribution in [2.45, 2.75) is 55.9 Å². The molecule has 1 aliphatic carbocycles. The zero-order chi connectivity index (χ0) is 17.1. The van der Waals surface area contributed by atoms with E-state index in [0.717, 1.165) is 49.9 Å². The van der Waals surface area contributed by atoms with Gasteiger partial charge in [-0.15, -0.1) is 23.7 Å². The molecule has 0 bridgehead atoms. The summed E-state index contributed by atoms with van der Waals surface area (Å²) in [5, 5.41) is 1.64. The molecule has 138 valence electrons. The molecule has 0 aliphatic heterocycles. The molecule has 1 heterocycles. The van der Waals surface area contributed by atoms with Crippen molar-refractivity contribution < 1.29 is 17.9 Å².